The fraction of sp³-hybridized carbons (Fsp3) is 0.250. The van der Waals surface area contributed by atoms with Crippen LogP contribution in [0.2, 0.25) is 0 Å². The Morgan fingerprint density at radius 1 is 1.28 bits per heavy atom. The van der Waals surface area contributed by atoms with Crippen molar-refractivity contribution in [1.82, 2.24) is 4.98 Å². The number of rotatable bonds is 4. The van der Waals surface area contributed by atoms with Gasteiger partial charge in [0, 0.05) is 18.6 Å². The third kappa shape index (κ3) is 2.39. The number of thiazole rings is 1. The van der Waals surface area contributed by atoms with Crippen molar-refractivity contribution >= 4 is 26.5 Å². The van der Waals surface area contributed by atoms with Gasteiger partial charge in [0.25, 0.3) is 10.0 Å². The van der Waals surface area contributed by atoms with E-state index in [1.807, 2.05) is 19.1 Å². The highest BCUT2D eigenvalue weighted by atomic mass is 32.2. The Kier molecular flexibility index (Phi) is 3.68. The summed E-state index contributed by atoms with van der Waals surface area (Å²) < 4.78 is 25.9. The van der Waals surface area contributed by atoms with Crippen LogP contribution in [0, 0.1) is 0 Å². The van der Waals surface area contributed by atoms with E-state index in [2.05, 4.69) is 4.98 Å². The van der Waals surface area contributed by atoms with E-state index in [9.17, 15) is 8.42 Å². The van der Waals surface area contributed by atoms with Gasteiger partial charge in [-0.25, -0.2) is 17.7 Å². The zero-order chi connectivity index (χ0) is 13.2. The molecule has 4 nitrogen and oxygen atoms in total. The van der Waals surface area contributed by atoms with E-state index in [-0.39, 0.29) is 4.90 Å². The minimum Gasteiger partial charge on any atom is -0.244 e. The van der Waals surface area contributed by atoms with Gasteiger partial charge in [0.1, 0.15) is 0 Å². The molecule has 0 saturated carbocycles. The maximum atomic E-state index is 12.3. The van der Waals surface area contributed by atoms with Crippen LogP contribution in [0.3, 0.4) is 0 Å². The molecule has 0 radical (unpaired) electrons. The number of aromatic nitrogens is 1. The van der Waals surface area contributed by atoms with E-state index >= 15 is 0 Å². The van der Waals surface area contributed by atoms with E-state index in [0.717, 1.165) is 12.0 Å². The molecule has 1 aromatic carbocycles. The Balaban J connectivity index is 2.35. The van der Waals surface area contributed by atoms with Crippen LogP contribution in [0.1, 0.15) is 12.5 Å². The number of nitrogens with zero attached hydrogens (tertiary/aromatic N) is 2. The molecule has 2 aromatic rings. The zero-order valence-electron chi connectivity index (χ0n) is 10.2. The van der Waals surface area contributed by atoms with Crippen LogP contribution in [0.15, 0.2) is 40.7 Å². The van der Waals surface area contributed by atoms with Gasteiger partial charge in [-0.1, -0.05) is 19.1 Å². The van der Waals surface area contributed by atoms with Gasteiger partial charge < -0.3 is 0 Å². The maximum absolute atomic E-state index is 12.3. The zero-order valence-corrected chi connectivity index (χ0v) is 11.8. The third-order valence-corrected chi connectivity index (χ3v) is 5.40. The van der Waals surface area contributed by atoms with E-state index in [1.165, 1.54) is 22.7 Å². The molecule has 0 bridgehead atoms. The molecule has 6 heteroatoms. The van der Waals surface area contributed by atoms with Gasteiger partial charge >= 0.3 is 0 Å². The Morgan fingerprint density at radius 3 is 2.44 bits per heavy atom. The van der Waals surface area contributed by atoms with Crippen molar-refractivity contribution in [2.45, 2.75) is 18.2 Å². The van der Waals surface area contributed by atoms with Gasteiger partial charge in [-0.15, -0.1) is 11.3 Å². The minimum absolute atomic E-state index is 0.289. The second kappa shape index (κ2) is 5.07. The van der Waals surface area contributed by atoms with Crippen LogP contribution in [0.25, 0.3) is 0 Å². The van der Waals surface area contributed by atoms with Crippen LogP contribution >= 0.6 is 11.3 Å². The van der Waals surface area contributed by atoms with Gasteiger partial charge in [-0.3, -0.25) is 0 Å². The average molecular weight is 282 g/mol. The second-order valence-electron chi connectivity index (χ2n) is 3.78. The number of anilines is 1. The molecule has 0 aliphatic rings. The molecule has 1 aromatic heterocycles. The number of hydrogen-bond donors (Lipinski definition) is 0. The molecule has 0 aliphatic carbocycles. The highest BCUT2D eigenvalue weighted by Gasteiger charge is 2.22. The van der Waals surface area contributed by atoms with Crippen molar-refractivity contribution in [2.75, 3.05) is 11.4 Å². The van der Waals surface area contributed by atoms with Crippen molar-refractivity contribution in [2.24, 2.45) is 0 Å². The summed E-state index contributed by atoms with van der Waals surface area (Å²) in [6, 6.07) is 6.95. The first-order chi connectivity index (χ1) is 8.55. The first kappa shape index (κ1) is 13.0. The van der Waals surface area contributed by atoms with Gasteiger partial charge in [-0.2, -0.15) is 0 Å². The summed E-state index contributed by atoms with van der Waals surface area (Å²) in [5, 5.41) is 2.22. The molecule has 0 fully saturated rings. The minimum atomic E-state index is -3.51. The van der Waals surface area contributed by atoms with Crippen LogP contribution in [0.5, 0.6) is 0 Å². The Bertz CT molecular complexity index is 604. The summed E-state index contributed by atoms with van der Waals surface area (Å²) in [5.74, 6) is 0. The molecular weight excluding hydrogens is 268 g/mol. The van der Waals surface area contributed by atoms with Gasteiger partial charge in [0.05, 0.1) is 4.90 Å². The van der Waals surface area contributed by atoms with E-state index < -0.39 is 10.0 Å². The summed E-state index contributed by atoms with van der Waals surface area (Å²) in [6.07, 6.45) is 2.48. The molecule has 0 aliphatic heterocycles. The standard InChI is InChI=1S/C12H14N2O2S2/c1-3-10-4-6-11(7-5-10)18(15,16)14(2)12-13-8-9-17-12/h4-9H,3H2,1-2H3. The van der Waals surface area contributed by atoms with Crippen LogP contribution < -0.4 is 4.31 Å². The molecule has 0 saturated heterocycles. The van der Waals surface area contributed by atoms with Crippen molar-refractivity contribution < 1.29 is 8.42 Å². The molecule has 0 amide bonds. The van der Waals surface area contributed by atoms with Crippen LogP contribution in [-0.4, -0.2) is 20.4 Å². The topological polar surface area (TPSA) is 50.3 Å². The summed E-state index contributed by atoms with van der Waals surface area (Å²) >= 11 is 1.30. The number of hydrogen-bond acceptors (Lipinski definition) is 4. The third-order valence-electron chi connectivity index (χ3n) is 2.68. The number of aryl methyl sites for hydroxylation is 1. The smallest absolute Gasteiger partial charge is 0.244 e. The second-order valence-corrected chi connectivity index (χ2v) is 6.63. The monoisotopic (exact) mass is 282 g/mol. The van der Waals surface area contributed by atoms with Crippen LogP contribution in [-0.2, 0) is 16.4 Å². The van der Waals surface area contributed by atoms with E-state index in [0.29, 0.717) is 5.13 Å². The average Bonchev–Trinajstić information content (AvgIpc) is 2.91. The van der Waals surface area contributed by atoms with E-state index in [1.54, 1.807) is 23.7 Å². The highest BCUT2D eigenvalue weighted by molar-refractivity contribution is 7.93. The van der Waals surface area contributed by atoms with Gasteiger partial charge in [0.15, 0.2) is 5.13 Å². The molecular formula is C12H14N2O2S2. The lowest BCUT2D eigenvalue weighted by Gasteiger charge is -2.16. The van der Waals surface area contributed by atoms with Crippen molar-refractivity contribution in [3.05, 3.63) is 41.4 Å². The van der Waals surface area contributed by atoms with Crippen molar-refractivity contribution in [3.63, 3.8) is 0 Å². The number of benzene rings is 1. The largest absolute Gasteiger partial charge is 0.265 e. The lowest BCUT2D eigenvalue weighted by atomic mass is 10.2. The lowest BCUT2D eigenvalue weighted by molar-refractivity contribution is 0.594. The maximum Gasteiger partial charge on any atom is 0.265 e. The quantitative estimate of drug-likeness (QED) is 0.866. The Labute approximate surface area is 111 Å². The predicted molar refractivity (Wildman–Crippen MR) is 73.5 cm³/mol. The number of sulfonamides is 1. The molecule has 0 spiro atoms. The van der Waals surface area contributed by atoms with Gasteiger partial charge in [0.2, 0.25) is 0 Å². The molecule has 1 heterocycles. The molecule has 0 N–H and O–H groups in total. The Morgan fingerprint density at radius 2 is 1.94 bits per heavy atom. The fourth-order valence-electron chi connectivity index (χ4n) is 1.53. The SMILES string of the molecule is CCc1ccc(S(=O)(=O)N(C)c2nccs2)cc1. The predicted octanol–water partition coefficient (Wildman–Crippen LogP) is 2.53. The lowest BCUT2D eigenvalue weighted by Crippen LogP contribution is -2.26. The molecule has 0 unspecified atom stereocenters. The summed E-state index contributed by atoms with van der Waals surface area (Å²) in [4.78, 5) is 4.30. The summed E-state index contributed by atoms with van der Waals surface area (Å²) in [7, 11) is -1.99. The van der Waals surface area contributed by atoms with Gasteiger partial charge in [-0.05, 0) is 24.1 Å². The van der Waals surface area contributed by atoms with Crippen molar-refractivity contribution in [1.29, 1.82) is 0 Å². The summed E-state index contributed by atoms with van der Waals surface area (Å²) in [5.41, 5.74) is 1.12. The van der Waals surface area contributed by atoms with Crippen molar-refractivity contribution in [3.8, 4) is 0 Å². The molecule has 96 valence electrons. The highest BCUT2D eigenvalue weighted by Crippen LogP contribution is 2.23. The van der Waals surface area contributed by atoms with E-state index in [4.69, 9.17) is 0 Å². The first-order valence-corrected chi connectivity index (χ1v) is 7.85. The molecule has 2 rings (SSSR count). The summed E-state index contributed by atoms with van der Waals surface area (Å²) in [6.45, 7) is 2.03. The van der Waals surface area contributed by atoms with Crippen LogP contribution in [0.4, 0.5) is 5.13 Å². The Hall–Kier alpha value is -1.40. The molecule has 0 atom stereocenters. The molecule has 18 heavy (non-hydrogen) atoms. The fourth-order valence-corrected chi connectivity index (χ4v) is 3.52. The first-order valence-electron chi connectivity index (χ1n) is 5.53. The normalized spacial score (nSPS) is 11.4.